The molecule has 2 heterocycles. The Bertz CT molecular complexity index is 647. The van der Waals surface area contributed by atoms with Crippen LogP contribution in [0, 0.1) is 0 Å². The van der Waals surface area contributed by atoms with Crippen LogP contribution in [-0.2, 0) is 13.1 Å². The van der Waals surface area contributed by atoms with Crippen molar-refractivity contribution in [1.29, 1.82) is 0 Å². The number of ether oxygens (including phenoxy) is 1. The number of thiophene rings is 1. The summed E-state index contributed by atoms with van der Waals surface area (Å²) in [6.07, 6.45) is 1.10. The molecule has 0 bridgehead atoms. The summed E-state index contributed by atoms with van der Waals surface area (Å²) in [5.41, 5.74) is 0. The minimum absolute atomic E-state index is 0.267. The number of rotatable bonds is 9. The van der Waals surface area contributed by atoms with Crippen molar-refractivity contribution < 1.29 is 14.3 Å². The molecule has 3 aromatic rings. The molecule has 0 radical (unpaired) electrons. The van der Waals surface area contributed by atoms with Gasteiger partial charge in [-0.25, -0.2) is 0 Å². The van der Waals surface area contributed by atoms with Crippen molar-refractivity contribution in [3.8, 4) is 5.75 Å². The van der Waals surface area contributed by atoms with Crippen molar-refractivity contribution in [3.63, 3.8) is 0 Å². The number of furan rings is 1. The molecule has 0 aliphatic carbocycles. The molecule has 3 rings (SSSR count). The predicted octanol–water partition coefficient (Wildman–Crippen LogP) is 3.78. The summed E-state index contributed by atoms with van der Waals surface area (Å²) in [6.45, 7) is 2.22. The molecular formula is C19H21NO3S. The third kappa shape index (κ3) is 5.23. The molecule has 24 heavy (non-hydrogen) atoms. The van der Waals surface area contributed by atoms with Gasteiger partial charge in [0.1, 0.15) is 24.2 Å². The van der Waals surface area contributed by atoms with Crippen LogP contribution in [0.25, 0.3) is 0 Å². The summed E-state index contributed by atoms with van der Waals surface area (Å²) in [4.78, 5) is 3.43. The highest BCUT2D eigenvalue weighted by molar-refractivity contribution is 7.09. The summed E-state index contributed by atoms with van der Waals surface area (Å²) >= 11 is 1.72. The van der Waals surface area contributed by atoms with Crippen molar-refractivity contribution in [2.75, 3.05) is 13.2 Å². The van der Waals surface area contributed by atoms with Gasteiger partial charge in [-0.2, -0.15) is 0 Å². The fourth-order valence-electron chi connectivity index (χ4n) is 2.49. The largest absolute Gasteiger partial charge is 0.491 e. The molecule has 1 aromatic carbocycles. The van der Waals surface area contributed by atoms with E-state index in [0.29, 0.717) is 13.1 Å². The first-order chi connectivity index (χ1) is 11.8. The van der Waals surface area contributed by atoms with Crippen LogP contribution in [-0.4, -0.2) is 29.3 Å². The zero-order valence-corrected chi connectivity index (χ0v) is 14.2. The Kier molecular flexibility index (Phi) is 6.07. The fraction of sp³-hybridized carbons (Fsp3) is 0.263. The second-order valence-corrected chi connectivity index (χ2v) is 6.64. The molecule has 0 saturated carbocycles. The minimum Gasteiger partial charge on any atom is -0.491 e. The molecule has 1 atom stereocenters. The van der Waals surface area contributed by atoms with Crippen LogP contribution in [0.3, 0.4) is 0 Å². The van der Waals surface area contributed by atoms with Crippen molar-refractivity contribution in [2.24, 2.45) is 0 Å². The molecule has 0 saturated heterocycles. The van der Waals surface area contributed by atoms with E-state index in [-0.39, 0.29) is 6.61 Å². The standard InChI is InChI=1S/C19H21NO3S/c21-16(15-23-17-6-2-1-3-7-17)12-20(13-18-8-4-10-22-18)14-19-9-5-11-24-19/h1-11,16,21H,12-15H2/t16-/m0/s1. The Morgan fingerprint density at radius 3 is 2.62 bits per heavy atom. The molecule has 0 unspecified atom stereocenters. The summed E-state index contributed by atoms with van der Waals surface area (Å²) < 4.78 is 11.1. The van der Waals surface area contributed by atoms with Crippen LogP contribution in [0.15, 0.2) is 70.7 Å². The Hall–Kier alpha value is -2.08. The highest BCUT2D eigenvalue weighted by Gasteiger charge is 2.15. The van der Waals surface area contributed by atoms with E-state index in [1.807, 2.05) is 48.5 Å². The van der Waals surface area contributed by atoms with Gasteiger partial charge in [0.2, 0.25) is 0 Å². The highest BCUT2D eigenvalue weighted by Crippen LogP contribution is 2.16. The van der Waals surface area contributed by atoms with Crippen LogP contribution in [0.4, 0.5) is 0 Å². The van der Waals surface area contributed by atoms with Gasteiger partial charge in [0.25, 0.3) is 0 Å². The molecule has 1 N–H and O–H groups in total. The van der Waals surface area contributed by atoms with Gasteiger partial charge in [-0.05, 0) is 35.7 Å². The molecule has 0 amide bonds. The number of para-hydroxylation sites is 1. The maximum atomic E-state index is 10.3. The van der Waals surface area contributed by atoms with Gasteiger partial charge in [0, 0.05) is 18.0 Å². The van der Waals surface area contributed by atoms with E-state index in [4.69, 9.17) is 9.15 Å². The maximum absolute atomic E-state index is 10.3. The Balaban J connectivity index is 1.55. The normalized spacial score (nSPS) is 12.4. The highest BCUT2D eigenvalue weighted by atomic mass is 32.1. The minimum atomic E-state index is -0.569. The van der Waals surface area contributed by atoms with Crippen LogP contribution < -0.4 is 4.74 Å². The SMILES string of the molecule is O[C@H](COc1ccccc1)CN(Cc1ccco1)Cc1cccs1. The molecular weight excluding hydrogens is 322 g/mol. The van der Waals surface area contributed by atoms with E-state index in [1.165, 1.54) is 4.88 Å². The number of nitrogens with zero attached hydrogens (tertiary/aromatic N) is 1. The molecule has 2 aromatic heterocycles. The molecule has 5 heteroatoms. The van der Waals surface area contributed by atoms with Crippen molar-refractivity contribution in [2.45, 2.75) is 19.2 Å². The van der Waals surface area contributed by atoms with Gasteiger partial charge in [0.05, 0.1) is 12.8 Å². The Morgan fingerprint density at radius 2 is 1.92 bits per heavy atom. The first kappa shape index (κ1) is 16.8. The Labute approximate surface area is 145 Å². The molecule has 0 aliphatic heterocycles. The zero-order valence-electron chi connectivity index (χ0n) is 13.4. The molecule has 0 spiro atoms. The summed E-state index contributed by atoms with van der Waals surface area (Å²) in [7, 11) is 0. The summed E-state index contributed by atoms with van der Waals surface area (Å²) in [6, 6.07) is 17.5. The smallest absolute Gasteiger partial charge is 0.119 e. The van der Waals surface area contributed by atoms with Crippen LogP contribution in [0.1, 0.15) is 10.6 Å². The van der Waals surface area contributed by atoms with Crippen LogP contribution in [0.2, 0.25) is 0 Å². The lowest BCUT2D eigenvalue weighted by molar-refractivity contribution is 0.0608. The van der Waals surface area contributed by atoms with Crippen LogP contribution >= 0.6 is 11.3 Å². The van der Waals surface area contributed by atoms with Crippen molar-refractivity contribution in [1.82, 2.24) is 4.90 Å². The van der Waals surface area contributed by atoms with E-state index in [1.54, 1.807) is 17.6 Å². The number of aliphatic hydroxyl groups excluding tert-OH is 1. The first-order valence-corrected chi connectivity index (χ1v) is 8.80. The Morgan fingerprint density at radius 1 is 1.04 bits per heavy atom. The first-order valence-electron chi connectivity index (χ1n) is 7.92. The molecule has 0 aliphatic rings. The topological polar surface area (TPSA) is 45.8 Å². The lowest BCUT2D eigenvalue weighted by atomic mass is 10.3. The third-order valence-electron chi connectivity index (χ3n) is 3.57. The second-order valence-electron chi connectivity index (χ2n) is 5.61. The lowest BCUT2D eigenvalue weighted by Crippen LogP contribution is -2.34. The molecule has 0 fully saturated rings. The van der Waals surface area contributed by atoms with E-state index in [0.717, 1.165) is 18.1 Å². The monoisotopic (exact) mass is 343 g/mol. The number of aliphatic hydroxyl groups is 1. The van der Waals surface area contributed by atoms with Gasteiger partial charge >= 0.3 is 0 Å². The summed E-state index contributed by atoms with van der Waals surface area (Å²) in [5, 5.41) is 12.4. The summed E-state index contributed by atoms with van der Waals surface area (Å²) in [5.74, 6) is 1.66. The predicted molar refractivity (Wildman–Crippen MR) is 95.1 cm³/mol. The average Bonchev–Trinajstić information content (AvgIpc) is 3.28. The van der Waals surface area contributed by atoms with E-state index >= 15 is 0 Å². The van der Waals surface area contributed by atoms with Gasteiger partial charge in [0.15, 0.2) is 0 Å². The molecule has 126 valence electrons. The third-order valence-corrected chi connectivity index (χ3v) is 4.43. The van der Waals surface area contributed by atoms with Crippen molar-refractivity contribution >= 4 is 11.3 Å². The number of hydrogen-bond donors (Lipinski definition) is 1. The quantitative estimate of drug-likeness (QED) is 0.642. The zero-order chi connectivity index (χ0) is 16.6. The van der Waals surface area contributed by atoms with E-state index < -0.39 is 6.10 Å². The average molecular weight is 343 g/mol. The van der Waals surface area contributed by atoms with Crippen LogP contribution in [0.5, 0.6) is 5.75 Å². The second kappa shape index (κ2) is 8.68. The van der Waals surface area contributed by atoms with E-state index in [2.05, 4.69) is 16.3 Å². The van der Waals surface area contributed by atoms with Gasteiger partial charge in [-0.15, -0.1) is 11.3 Å². The number of benzene rings is 1. The maximum Gasteiger partial charge on any atom is 0.119 e. The number of hydrogen-bond acceptors (Lipinski definition) is 5. The lowest BCUT2D eigenvalue weighted by Gasteiger charge is -2.23. The van der Waals surface area contributed by atoms with Gasteiger partial charge in [-0.1, -0.05) is 24.3 Å². The van der Waals surface area contributed by atoms with Gasteiger partial charge in [-0.3, -0.25) is 4.90 Å². The van der Waals surface area contributed by atoms with E-state index in [9.17, 15) is 5.11 Å². The fourth-order valence-corrected chi connectivity index (χ4v) is 3.24. The van der Waals surface area contributed by atoms with Crippen molar-refractivity contribution in [3.05, 3.63) is 76.9 Å². The van der Waals surface area contributed by atoms with Gasteiger partial charge < -0.3 is 14.3 Å². The molecule has 4 nitrogen and oxygen atoms in total.